The lowest BCUT2D eigenvalue weighted by Gasteiger charge is -2.32. The van der Waals surface area contributed by atoms with Gasteiger partial charge in [0, 0.05) is 32.7 Å². The summed E-state index contributed by atoms with van der Waals surface area (Å²) in [6, 6.07) is 5.80. The highest BCUT2D eigenvalue weighted by atomic mass is 19.4. The maximum atomic E-state index is 10.8. The van der Waals surface area contributed by atoms with Crippen molar-refractivity contribution in [2.45, 2.75) is 18.9 Å². The minimum absolute atomic E-state index is 0.611. The molecule has 0 atom stereocenters. The molecule has 1 aromatic carbocycles. The third-order valence-electron chi connectivity index (χ3n) is 3.91. The van der Waals surface area contributed by atoms with Crippen molar-refractivity contribution in [3.05, 3.63) is 29.3 Å². The minimum Gasteiger partial charge on any atom is -0.496 e. The summed E-state index contributed by atoms with van der Waals surface area (Å²) in [7, 11) is 3.75. The number of hydrogen-bond donors (Lipinski definition) is 2. The molecule has 1 aliphatic heterocycles. The van der Waals surface area contributed by atoms with Crippen LogP contribution in [0, 0.1) is 0 Å². The van der Waals surface area contributed by atoms with Crippen molar-refractivity contribution < 1.29 is 55.7 Å². The van der Waals surface area contributed by atoms with E-state index in [1.165, 1.54) is 5.56 Å². The van der Waals surface area contributed by atoms with Crippen LogP contribution in [0.1, 0.15) is 15.9 Å². The normalized spacial score (nSPS) is 14.9. The van der Waals surface area contributed by atoms with E-state index >= 15 is 0 Å². The number of piperazine rings is 1. The summed E-state index contributed by atoms with van der Waals surface area (Å²) < 4.78 is 68.7. The fraction of sp³-hybridized carbons (Fsp3) is 0.500. The summed E-state index contributed by atoms with van der Waals surface area (Å²) in [6.07, 6.45) is -9.33. The number of carbonyl (C=O) groups excluding carboxylic acids is 1. The Balaban J connectivity index is 0.000000570. The predicted molar refractivity (Wildman–Crippen MR) is 98.5 cm³/mol. The van der Waals surface area contributed by atoms with Crippen molar-refractivity contribution in [1.29, 1.82) is 0 Å². The number of likely N-dealkylation sites (N-methyl/N-ethyl adjacent to an activating group) is 1. The van der Waals surface area contributed by atoms with Gasteiger partial charge in [-0.15, -0.1) is 0 Å². The molecule has 0 saturated carbocycles. The van der Waals surface area contributed by atoms with E-state index in [0.29, 0.717) is 11.3 Å². The van der Waals surface area contributed by atoms with Crippen LogP contribution >= 0.6 is 0 Å². The lowest BCUT2D eigenvalue weighted by atomic mass is 10.1. The highest BCUT2D eigenvalue weighted by Crippen LogP contribution is 2.20. The average Bonchev–Trinajstić information content (AvgIpc) is 2.69. The molecular formula is C18H22F6N2O6. The van der Waals surface area contributed by atoms with Gasteiger partial charge in [0.05, 0.1) is 12.7 Å². The number of aliphatic carboxylic acids is 2. The van der Waals surface area contributed by atoms with Gasteiger partial charge in [-0.1, -0.05) is 6.07 Å². The molecule has 2 rings (SSSR count). The SMILES string of the molecule is COc1cc(CN2CCN(C)CC2)ccc1C=O.O=C(O)C(F)(F)F.O=C(O)C(F)(F)F. The van der Waals surface area contributed by atoms with E-state index in [-0.39, 0.29) is 0 Å². The van der Waals surface area contributed by atoms with Gasteiger partial charge in [-0.05, 0) is 24.7 Å². The van der Waals surface area contributed by atoms with E-state index in [0.717, 1.165) is 39.0 Å². The van der Waals surface area contributed by atoms with Crippen LogP contribution in [0.25, 0.3) is 0 Å². The Bertz CT molecular complexity index is 737. The van der Waals surface area contributed by atoms with Crippen LogP contribution < -0.4 is 4.74 Å². The molecule has 0 bridgehead atoms. The molecule has 0 amide bonds. The zero-order valence-corrected chi connectivity index (χ0v) is 17.0. The first kappa shape index (κ1) is 29.1. The molecule has 1 saturated heterocycles. The third kappa shape index (κ3) is 11.5. The Morgan fingerprint density at radius 1 is 1.00 bits per heavy atom. The Morgan fingerprint density at radius 2 is 1.44 bits per heavy atom. The maximum Gasteiger partial charge on any atom is 0.490 e. The number of hydrogen-bond acceptors (Lipinski definition) is 6. The molecule has 1 aliphatic rings. The second-order valence-electron chi connectivity index (χ2n) is 6.38. The summed E-state index contributed by atoms with van der Waals surface area (Å²) in [6.45, 7) is 5.33. The number of carboxylic acids is 2. The van der Waals surface area contributed by atoms with Crippen molar-refractivity contribution in [1.82, 2.24) is 9.80 Å². The molecule has 0 unspecified atom stereocenters. The van der Waals surface area contributed by atoms with Crippen molar-refractivity contribution in [2.75, 3.05) is 40.3 Å². The van der Waals surface area contributed by atoms with E-state index < -0.39 is 24.3 Å². The minimum atomic E-state index is -5.08. The van der Waals surface area contributed by atoms with Crippen molar-refractivity contribution in [3.63, 3.8) is 0 Å². The van der Waals surface area contributed by atoms with Crippen molar-refractivity contribution in [2.24, 2.45) is 0 Å². The Hall–Kier alpha value is -2.87. The fourth-order valence-corrected chi connectivity index (χ4v) is 2.22. The van der Waals surface area contributed by atoms with Crippen LogP contribution in [0.4, 0.5) is 26.3 Å². The van der Waals surface area contributed by atoms with Gasteiger partial charge in [-0.3, -0.25) is 9.69 Å². The van der Waals surface area contributed by atoms with Gasteiger partial charge in [-0.25, -0.2) is 9.59 Å². The summed E-state index contributed by atoms with van der Waals surface area (Å²) >= 11 is 0. The molecule has 32 heavy (non-hydrogen) atoms. The number of benzene rings is 1. The van der Waals surface area contributed by atoms with Gasteiger partial charge in [-0.2, -0.15) is 26.3 Å². The topological polar surface area (TPSA) is 107 Å². The van der Waals surface area contributed by atoms with Crippen LogP contribution in [-0.2, 0) is 16.1 Å². The molecule has 0 aliphatic carbocycles. The van der Waals surface area contributed by atoms with Crippen LogP contribution in [0.3, 0.4) is 0 Å². The molecule has 1 aromatic rings. The van der Waals surface area contributed by atoms with Gasteiger partial charge in [0.25, 0.3) is 0 Å². The number of carbonyl (C=O) groups is 3. The average molecular weight is 476 g/mol. The zero-order chi connectivity index (χ0) is 25.1. The highest BCUT2D eigenvalue weighted by Gasteiger charge is 2.38. The second kappa shape index (κ2) is 12.9. The van der Waals surface area contributed by atoms with Gasteiger partial charge < -0.3 is 19.8 Å². The molecule has 2 N–H and O–H groups in total. The summed E-state index contributed by atoms with van der Waals surface area (Å²) in [5.41, 5.74) is 1.81. The third-order valence-corrected chi connectivity index (χ3v) is 3.91. The number of halogens is 6. The number of nitrogens with zero attached hydrogens (tertiary/aromatic N) is 2. The molecule has 8 nitrogen and oxygen atoms in total. The van der Waals surface area contributed by atoms with Gasteiger partial charge in [0.2, 0.25) is 0 Å². The lowest BCUT2D eigenvalue weighted by molar-refractivity contribution is -0.193. The molecule has 14 heteroatoms. The number of alkyl halides is 6. The summed E-state index contributed by atoms with van der Waals surface area (Å²) in [4.78, 5) is 33.4. The monoisotopic (exact) mass is 476 g/mol. The van der Waals surface area contributed by atoms with Gasteiger partial charge >= 0.3 is 24.3 Å². The molecule has 1 heterocycles. The number of rotatable bonds is 4. The van der Waals surface area contributed by atoms with Gasteiger partial charge in [0.1, 0.15) is 5.75 Å². The standard InChI is InChI=1S/C14H20N2O2.2C2HF3O2/c1-15-5-7-16(8-6-15)10-12-3-4-13(11-17)14(9-12)18-2;2*3-2(4,5)1(6)7/h3-4,9,11H,5-8,10H2,1-2H3;2*(H,6,7). The quantitative estimate of drug-likeness (QED) is 0.505. The second-order valence-corrected chi connectivity index (χ2v) is 6.38. The fourth-order valence-electron chi connectivity index (χ4n) is 2.22. The Kier molecular flexibility index (Phi) is 11.7. The molecule has 1 fully saturated rings. The predicted octanol–water partition coefficient (Wildman–Crippen LogP) is 2.52. The number of ether oxygens (including phenoxy) is 1. The van der Waals surface area contributed by atoms with E-state index in [4.69, 9.17) is 24.5 Å². The van der Waals surface area contributed by atoms with Crippen molar-refractivity contribution in [3.8, 4) is 5.75 Å². The summed E-state index contributed by atoms with van der Waals surface area (Å²) in [5.74, 6) is -4.85. The number of aldehydes is 1. The van der Waals surface area contributed by atoms with E-state index in [1.807, 2.05) is 18.2 Å². The van der Waals surface area contributed by atoms with Crippen molar-refractivity contribution >= 4 is 18.2 Å². The maximum absolute atomic E-state index is 10.8. The van der Waals surface area contributed by atoms with E-state index in [2.05, 4.69) is 16.8 Å². The first-order valence-electron chi connectivity index (χ1n) is 8.75. The zero-order valence-electron chi connectivity index (χ0n) is 17.0. The molecule has 0 aromatic heterocycles. The first-order valence-corrected chi connectivity index (χ1v) is 8.75. The molecular weight excluding hydrogens is 454 g/mol. The van der Waals surface area contributed by atoms with E-state index in [9.17, 15) is 31.1 Å². The van der Waals surface area contributed by atoms with Crippen LogP contribution in [0.2, 0.25) is 0 Å². The molecule has 0 radical (unpaired) electrons. The molecule has 0 spiro atoms. The van der Waals surface area contributed by atoms with Crippen LogP contribution in [-0.4, -0.2) is 90.9 Å². The summed E-state index contributed by atoms with van der Waals surface area (Å²) in [5, 5.41) is 14.2. The van der Waals surface area contributed by atoms with Crippen LogP contribution in [0.15, 0.2) is 18.2 Å². The molecule has 182 valence electrons. The van der Waals surface area contributed by atoms with Gasteiger partial charge in [0.15, 0.2) is 6.29 Å². The first-order chi connectivity index (χ1) is 14.6. The number of carboxylic acid groups (broad SMARTS) is 2. The van der Waals surface area contributed by atoms with Crippen LogP contribution in [0.5, 0.6) is 5.75 Å². The van der Waals surface area contributed by atoms with E-state index in [1.54, 1.807) is 7.11 Å². The Morgan fingerprint density at radius 3 is 1.78 bits per heavy atom. The smallest absolute Gasteiger partial charge is 0.490 e. The highest BCUT2D eigenvalue weighted by molar-refractivity contribution is 5.79. The Labute approximate surface area is 179 Å². The largest absolute Gasteiger partial charge is 0.496 e. The lowest BCUT2D eigenvalue weighted by Crippen LogP contribution is -2.43. The number of methoxy groups -OCH3 is 1.